The highest BCUT2D eigenvalue weighted by atomic mass is 16.5. The molecule has 2 aliphatic rings. The Morgan fingerprint density at radius 3 is 2.94 bits per heavy atom. The Kier molecular flexibility index (Phi) is 1.96. The normalized spacial score (nSPS) is 20.0. The molecule has 84 valence electrons. The van der Waals surface area contributed by atoms with Gasteiger partial charge in [0.15, 0.2) is 0 Å². The van der Waals surface area contributed by atoms with E-state index in [9.17, 15) is 4.79 Å². The molecular formula is C13H14O3. The molecule has 3 nitrogen and oxygen atoms in total. The molecule has 0 radical (unpaired) electrons. The fourth-order valence-electron chi connectivity index (χ4n) is 2.52. The van der Waals surface area contributed by atoms with E-state index in [1.165, 1.54) is 11.1 Å². The number of rotatable bonds is 3. The third-order valence-corrected chi connectivity index (χ3v) is 3.64. The summed E-state index contributed by atoms with van der Waals surface area (Å²) in [6.07, 6.45) is 3.21. The molecule has 0 saturated heterocycles. The van der Waals surface area contributed by atoms with Crippen LogP contribution < -0.4 is 4.74 Å². The van der Waals surface area contributed by atoms with Crippen molar-refractivity contribution in [3.63, 3.8) is 0 Å². The van der Waals surface area contributed by atoms with Crippen molar-refractivity contribution in [2.75, 3.05) is 6.61 Å². The summed E-state index contributed by atoms with van der Waals surface area (Å²) in [6.45, 7) is 0.755. The molecule has 0 bridgehead atoms. The van der Waals surface area contributed by atoms with Gasteiger partial charge in [0.25, 0.3) is 0 Å². The maximum absolute atomic E-state index is 10.8. The Bertz CT molecular complexity index is 446. The molecule has 0 amide bonds. The van der Waals surface area contributed by atoms with Crippen LogP contribution in [-0.4, -0.2) is 17.7 Å². The summed E-state index contributed by atoms with van der Waals surface area (Å²) in [4.78, 5) is 10.8. The van der Waals surface area contributed by atoms with E-state index in [1.807, 2.05) is 12.1 Å². The summed E-state index contributed by atoms with van der Waals surface area (Å²) in [5.41, 5.74) is 2.33. The Morgan fingerprint density at radius 2 is 2.25 bits per heavy atom. The predicted molar refractivity (Wildman–Crippen MR) is 58.8 cm³/mol. The van der Waals surface area contributed by atoms with Gasteiger partial charge in [-0.15, -0.1) is 0 Å². The number of carboxylic acids is 1. The molecule has 0 spiro atoms. The van der Waals surface area contributed by atoms with Crippen LogP contribution in [-0.2, 0) is 16.6 Å². The van der Waals surface area contributed by atoms with Crippen LogP contribution in [0.25, 0.3) is 0 Å². The van der Waals surface area contributed by atoms with E-state index in [0.717, 1.165) is 31.6 Å². The Balaban J connectivity index is 1.92. The van der Waals surface area contributed by atoms with Crippen molar-refractivity contribution in [3.05, 3.63) is 29.3 Å². The van der Waals surface area contributed by atoms with E-state index in [2.05, 4.69) is 6.07 Å². The van der Waals surface area contributed by atoms with Gasteiger partial charge in [0.1, 0.15) is 5.75 Å². The first-order valence-electron chi connectivity index (χ1n) is 5.68. The molecule has 16 heavy (non-hydrogen) atoms. The monoisotopic (exact) mass is 218 g/mol. The second-order valence-corrected chi connectivity index (χ2v) is 4.77. The third kappa shape index (κ3) is 1.47. The minimum atomic E-state index is -0.700. The molecule has 1 aromatic carbocycles. The number of carboxylic acid groups (broad SMARTS) is 1. The molecule has 1 saturated carbocycles. The number of hydrogen-bond donors (Lipinski definition) is 1. The quantitative estimate of drug-likeness (QED) is 0.845. The van der Waals surface area contributed by atoms with Gasteiger partial charge in [0.05, 0.1) is 13.0 Å². The first-order chi connectivity index (χ1) is 7.70. The maximum atomic E-state index is 10.8. The van der Waals surface area contributed by atoms with Crippen LogP contribution in [0.1, 0.15) is 30.4 Å². The van der Waals surface area contributed by atoms with Crippen LogP contribution in [0.5, 0.6) is 5.75 Å². The molecule has 1 fully saturated rings. The van der Waals surface area contributed by atoms with Crippen molar-refractivity contribution in [3.8, 4) is 5.75 Å². The highest BCUT2D eigenvalue weighted by molar-refractivity contribution is 5.70. The first-order valence-corrected chi connectivity index (χ1v) is 5.68. The maximum Gasteiger partial charge on any atom is 0.304 e. The smallest absolute Gasteiger partial charge is 0.304 e. The van der Waals surface area contributed by atoms with Crippen molar-refractivity contribution in [1.82, 2.24) is 0 Å². The zero-order chi connectivity index (χ0) is 11.2. The zero-order valence-corrected chi connectivity index (χ0v) is 9.03. The minimum absolute atomic E-state index is 0.0799. The highest BCUT2D eigenvalue weighted by Gasteiger charge is 2.46. The van der Waals surface area contributed by atoms with Gasteiger partial charge in [-0.1, -0.05) is 12.1 Å². The summed E-state index contributed by atoms with van der Waals surface area (Å²) < 4.78 is 5.45. The fraction of sp³-hybridized carbons (Fsp3) is 0.462. The van der Waals surface area contributed by atoms with Crippen molar-refractivity contribution < 1.29 is 14.6 Å². The van der Waals surface area contributed by atoms with Gasteiger partial charge in [-0.25, -0.2) is 0 Å². The van der Waals surface area contributed by atoms with E-state index in [4.69, 9.17) is 9.84 Å². The van der Waals surface area contributed by atoms with E-state index in [1.54, 1.807) is 0 Å². The molecule has 0 atom stereocenters. The Labute approximate surface area is 94.0 Å². The first kappa shape index (κ1) is 9.70. The number of hydrogen-bond acceptors (Lipinski definition) is 2. The van der Waals surface area contributed by atoms with Crippen molar-refractivity contribution in [1.29, 1.82) is 0 Å². The van der Waals surface area contributed by atoms with Crippen LogP contribution in [0, 0.1) is 0 Å². The van der Waals surface area contributed by atoms with Gasteiger partial charge in [-0.05, 0) is 30.0 Å². The van der Waals surface area contributed by atoms with E-state index in [-0.39, 0.29) is 11.8 Å². The number of aliphatic carboxylic acids is 1. The SMILES string of the molecule is O=C(O)CC1(c2ccc3c(c2)CCO3)CC1. The van der Waals surface area contributed by atoms with Crippen LogP contribution in [0.3, 0.4) is 0 Å². The molecule has 0 aromatic heterocycles. The standard InChI is InChI=1S/C13H14O3/c14-12(15)8-13(4-5-13)10-1-2-11-9(7-10)3-6-16-11/h1-2,7H,3-6,8H2,(H,14,15). The predicted octanol–water partition coefficient (Wildman–Crippen LogP) is 2.13. The van der Waals surface area contributed by atoms with Gasteiger partial charge in [0.2, 0.25) is 0 Å². The molecular weight excluding hydrogens is 204 g/mol. The average molecular weight is 218 g/mol. The number of ether oxygens (including phenoxy) is 1. The van der Waals surface area contributed by atoms with Gasteiger partial charge in [0, 0.05) is 11.8 Å². The average Bonchev–Trinajstić information content (AvgIpc) is 2.87. The third-order valence-electron chi connectivity index (χ3n) is 3.64. The minimum Gasteiger partial charge on any atom is -0.493 e. The van der Waals surface area contributed by atoms with E-state index >= 15 is 0 Å². The summed E-state index contributed by atoms with van der Waals surface area (Å²) in [5, 5.41) is 8.92. The van der Waals surface area contributed by atoms with Crippen LogP contribution in [0.2, 0.25) is 0 Å². The molecule has 1 aromatic rings. The lowest BCUT2D eigenvalue weighted by Gasteiger charge is -2.13. The lowest BCUT2D eigenvalue weighted by atomic mass is 9.91. The second kappa shape index (κ2) is 3.24. The fourth-order valence-corrected chi connectivity index (χ4v) is 2.52. The topological polar surface area (TPSA) is 46.5 Å². The number of fused-ring (bicyclic) bond motifs is 1. The van der Waals surface area contributed by atoms with Crippen LogP contribution in [0.15, 0.2) is 18.2 Å². The summed E-state index contributed by atoms with van der Waals surface area (Å²) in [7, 11) is 0. The molecule has 3 heteroatoms. The lowest BCUT2D eigenvalue weighted by Crippen LogP contribution is -2.12. The summed E-state index contributed by atoms with van der Waals surface area (Å²) in [5.74, 6) is 0.268. The van der Waals surface area contributed by atoms with Crippen LogP contribution in [0.4, 0.5) is 0 Å². The second-order valence-electron chi connectivity index (χ2n) is 4.77. The van der Waals surface area contributed by atoms with Crippen molar-refractivity contribution in [2.24, 2.45) is 0 Å². The molecule has 3 rings (SSSR count). The van der Waals surface area contributed by atoms with E-state index < -0.39 is 5.97 Å². The van der Waals surface area contributed by atoms with Gasteiger partial charge in [-0.3, -0.25) is 4.79 Å². The summed E-state index contributed by atoms with van der Waals surface area (Å²) in [6, 6.07) is 6.15. The molecule has 0 unspecified atom stereocenters. The largest absolute Gasteiger partial charge is 0.493 e. The summed E-state index contributed by atoms with van der Waals surface area (Å²) >= 11 is 0. The molecule has 1 N–H and O–H groups in total. The van der Waals surface area contributed by atoms with Gasteiger partial charge >= 0.3 is 5.97 Å². The van der Waals surface area contributed by atoms with Gasteiger partial charge in [-0.2, -0.15) is 0 Å². The Morgan fingerprint density at radius 1 is 1.44 bits per heavy atom. The van der Waals surface area contributed by atoms with Crippen LogP contribution >= 0.6 is 0 Å². The lowest BCUT2D eigenvalue weighted by molar-refractivity contribution is -0.137. The Hall–Kier alpha value is -1.51. The van der Waals surface area contributed by atoms with Crippen molar-refractivity contribution >= 4 is 5.97 Å². The molecule has 1 aliphatic carbocycles. The number of carbonyl (C=O) groups is 1. The molecule has 1 heterocycles. The molecule has 1 aliphatic heterocycles. The number of benzene rings is 1. The van der Waals surface area contributed by atoms with E-state index in [0.29, 0.717) is 0 Å². The van der Waals surface area contributed by atoms with Crippen molar-refractivity contribution in [2.45, 2.75) is 31.1 Å². The van der Waals surface area contributed by atoms with Gasteiger partial charge < -0.3 is 9.84 Å². The zero-order valence-electron chi connectivity index (χ0n) is 9.03. The highest BCUT2D eigenvalue weighted by Crippen LogP contribution is 2.51.